The van der Waals surface area contributed by atoms with E-state index in [2.05, 4.69) is 33.3 Å². The fourth-order valence-corrected chi connectivity index (χ4v) is 2.07. The van der Waals surface area contributed by atoms with E-state index in [9.17, 15) is 0 Å². The van der Waals surface area contributed by atoms with E-state index in [0.29, 0.717) is 6.04 Å². The molecule has 2 aromatic heterocycles. The van der Waals surface area contributed by atoms with E-state index in [4.69, 9.17) is 0 Å². The van der Waals surface area contributed by atoms with Crippen molar-refractivity contribution in [2.45, 2.75) is 38.8 Å². The molecule has 2 heterocycles. The molecule has 1 aliphatic rings. The van der Waals surface area contributed by atoms with Crippen LogP contribution in [0.3, 0.4) is 0 Å². The summed E-state index contributed by atoms with van der Waals surface area (Å²) in [4.78, 5) is 13.4. The molecule has 1 saturated carbocycles. The van der Waals surface area contributed by atoms with Gasteiger partial charge in [-0.2, -0.15) is 0 Å². The van der Waals surface area contributed by atoms with Crippen molar-refractivity contribution in [3.8, 4) is 11.5 Å². The molecule has 0 amide bonds. The second-order valence-electron chi connectivity index (χ2n) is 4.89. The fraction of sp³-hybridized carbons (Fsp3) is 0.400. The molecule has 1 N–H and O–H groups in total. The highest BCUT2D eigenvalue weighted by Gasteiger charge is 2.20. The first-order valence-corrected chi connectivity index (χ1v) is 6.86. The van der Waals surface area contributed by atoms with Crippen LogP contribution in [0.2, 0.25) is 0 Å². The molecule has 19 heavy (non-hydrogen) atoms. The largest absolute Gasteiger partial charge is 0.308 e. The molecule has 0 saturated heterocycles. The molecular formula is C15H18N4. The molecule has 2 aromatic rings. The number of hydrogen-bond acceptors (Lipinski definition) is 4. The third-order valence-electron chi connectivity index (χ3n) is 3.35. The third-order valence-corrected chi connectivity index (χ3v) is 3.35. The summed E-state index contributed by atoms with van der Waals surface area (Å²) in [6.45, 7) is 2.94. The fourth-order valence-electron chi connectivity index (χ4n) is 2.07. The van der Waals surface area contributed by atoms with Crippen molar-refractivity contribution < 1.29 is 0 Å². The Morgan fingerprint density at radius 2 is 2.11 bits per heavy atom. The Hall–Kier alpha value is -1.81. The Kier molecular flexibility index (Phi) is 3.51. The average molecular weight is 254 g/mol. The molecule has 0 aromatic carbocycles. The maximum atomic E-state index is 4.62. The highest BCUT2D eigenvalue weighted by atomic mass is 15.0. The minimum Gasteiger partial charge on any atom is -0.308 e. The summed E-state index contributed by atoms with van der Waals surface area (Å²) in [6, 6.07) is 6.70. The Bertz CT molecular complexity index is 564. The molecule has 4 heteroatoms. The van der Waals surface area contributed by atoms with Crippen LogP contribution in [0.25, 0.3) is 11.5 Å². The summed E-state index contributed by atoms with van der Waals surface area (Å²) < 4.78 is 0. The van der Waals surface area contributed by atoms with E-state index in [0.717, 1.165) is 30.2 Å². The normalized spacial score (nSPS) is 14.6. The van der Waals surface area contributed by atoms with Gasteiger partial charge in [0.1, 0.15) is 5.69 Å². The molecule has 98 valence electrons. The number of rotatable bonds is 5. The second-order valence-corrected chi connectivity index (χ2v) is 4.89. The molecule has 0 bridgehead atoms. The smallest absolute Gasteiger partial charge is 0.178 e. The summed E-state index contributed by atoms with van der Waals surface area (Å²) in [5.41, 5.74) is 3.12. The molecule has 0 aliphatic heterocycles. The van der Waals surface area contributed by atoms with Gasteiger partial charge in [-0.15, -0.1) is 0 Å². The van der Waals surface area contributed by atoms with Crippen LogP contribution in [0.4, 0.5) is 0 Å². The second kappa shape index (κ2) is 5.45. The molecule has 0 spiro atoms. The third kappa shape index (κ3) is 2.96. The molecule has 3 rings (SSSR count). The average Bonchev–Trinajstić information content (AvgIpc) is 3.29. The van der Waals surface area contributed by atoms with Crippen molar-refractivity contribution in [1.82, 2.24) is 20.3 Å². The lowest BCUT2D eigenvalue weighted by Crippen LogP contribution is -2.16. The summed E-state index contributed by atoms with van der Waals surface area (Å²) in [5.74, 6) is 0.729. The van der Waals surface area contributed by atoms with Gasteiger partial charge in [-0.3, -0.25) is 4.98 Å². The van der Waals surface area contributed by atoms with Crippen LogP contribution in [0.15, 0.2) is 30.6 Å². The van der Waals surface area contributed by atoms with E-state index in [1.807, 2.05) is 18.3 Å². The Balaban J connectivity index is 1.84. The summed E-state index contributed by atoms with van der Waals surface area (Å²) >= 11 is 0. The van der Waals surface area contributed by atoms with Crippen LogP contribution in [0, 0.1) is 0 Å². The predicted octanol–water partition coefficient (Wildman–Crippen LogP) is 2.35. The highest BCUT2D eigenvalue weighted by Crippen LogP contribution is 2.20. The lowest BCUT2D eigenvalue weighted by molar-refractivity contribution is 0.673. The monoisotopic (exact) mass is 254 g/mol. The number of aromatic nitrogens is 3. The van der Waals surface area contributed by atoms with Gasteiger partial charge in [0.05, 0.1) is 5.69 Å². The number of nitrogens with one attached hydrogen (secondary N) is 1. The van der Waals surface area contributed by atoms with Gasteiger partial charge in [-0.25, -0.2) is 9.97 Å². The van der Waals surface area contributed by atoms with Crippen LogP contribution in [0.1, 0.15) is 31.0 Å². The summed E-state index contributed by atoms with van der Waals surface area (Å²) in [6.07, 6.45) is 7.14. The quantitative estimate of drug-likeness (QED) is 0.890. The van der Waals surface area contributed by atoms with E-state index in [1.165, 1.54) is 18.4 Å². The maximum Gasteiger partial charge on any atom is 0.178 e. The van der Waals surface area contributed by atoms with Crippen molar-refractivity contribution in [2.24, 2.45) is 0 Å². The number of aryl methyl sites for hydroxylation is 1. The van der Waals surface area contributed by atoms with Crippen molar-refractivity contribution >= 4 is 0 Å². The number of hydrogen-bond donors (Lipinski definition) is 1. The SMILES string of the molecule is CCc1cccnc1-c1nccc(CNC2CC2)n1. The molecule has 4 nitrogen and oxygen atoms in total. The molecule has 0 unspecified atom stereocenters. The molecule has 0 atom stereocenters. The first-order chi connectivity index (χ1) is 9.36. The zero-order chi connectivity index (χ0) is 13.1. The first-order valence-electron chi connectivity index (χ1n) is 6.86. The van der Waals surface area contributed by atoms with Gasteiger partial charge in [-0.1, -0.05) is 13.0 Å². The van der Waals surface area contributed by atoms with E-state index in [1.54, 1.807) is 6.20 Å². The number of nitrogens with zero attached hydrogens (tertiary/aromatic N) is 3. The Labute approximate surface area is 113 Å². The highest BCUT2D eigenvalue weighted by molar-refractivity contribution is 5.54. The van der Waals surface area contributed by atoms with Crippen LogP contribution >= 0.6 is 0 Å². The minimum atomic E-state index is 0.694. The van der Waals surface area contributed by atoms with Gasteiger partial charge in [0.25, 0.3) is 0 Å². The van der Waals surface area contributed by atoms with Crippen molar-refractivity contribution in [3.05, 3.63) is 41.9 Å². The lowest BCUT2D eigenvalue weighted by Gasteiger charge is -2.07. The van der Waals surface area contributed by atoms with Gasteiger partial charge >= 0.3 is 0 Å². The lowest BCUT2D eigenvalue weighted by atomic mass is 10.1. The standard InChI is InChI=1S/C15H18N4/c1-2-11-4-3-8-16-14(11)15-17-9-7-13(19-15)10-18-12-5-6-12/h3-4,7-9,12,18H,2,5-6,10H2,1H3. The van der Waals surface area contributed by atoms with E-state index < -0.39 is 0 Å². The van der Waals surface area contributed by atoms with Crippen LogP contribution in [-0.4, -0.2) is 21.0 Å². The van der Waals surface area contributed by atoms with Crippen LogP contribution in [0.5, 0.6) is 0 Å². The molecule has 0 radical (unpaired) electrons. The topological polar surface area (TPSA) is 50.7 Å². The zero-order valence-electron chi connectivity index (χ0n) is 11.1. The minimum absolute atomic E-state index is 0.694. The summed E-state index contributed by atoms with van der Waals surface area (Å²) in [7, 11) is 0. The van der Waals surface area contributed by atoms with Crippen LogP contribution < -0.4 is 5.32 Å². The van der Waals surface area contributed by atoms with Crippen molar-refractivity contribution in [1.29, 1.82) is 0 Å². The zero-order valence-corrected chi connectivity index (χ0v) is 11.1. The van der Waals surface area contributed by atoms with E-state index >= 15 is 0 Å². The maximum absolute atomic E-state index is 4.62. The van der Waals surface area contributed by atoms with Gasteiger partial charge in [0, 0.05) is 25.0 Å². The van der Waals surface area contributed by atoms with Crippen molar-refractivity contribution in [2.75, 3.05) is 0 Å². The van der Waals surface area contributed by atoms with Gasteiger partial charge in [-0.05, 0) is 37.0 Å². The van der Waals surface area contributed by atoms with Gasteiger partial charge in [0.15, 0.2) is 5.82 Å². The predicted molar refractivity (Wildman–Crippen MR) is 74.5 cm³/mol. The Morgan fingerprint density at radius 3 is 2.89 bits per heavy atom. The van der Waals surface area contributed by atoms with Gasteiger partial charge in [0.2, 0.25) is 0 Å². The van der Waals surface area contributed by atoms with Gasteiger partial charge < -0.3 is 5.32 Å². The molecule has 1 fully saturated rings. The first kappa shape index (κ1) is 12.2. The number of pyridine rings is 1. The molecular weight excluding hydrogens is 236 g/mol. The van der Waals surface area contributed by atoms with Crippen molar-refractivity contribution in [3.63, 3.8) is 0 Å². The molecule has 1 aliphatic carbocycles. The Morgan fingerprint density at radius 1 is 1.21 bits per heavy atom. The summed E-state index contributed by atoms with van der Waals surface area (Å²) in [5, 5.41) is 3.47. The van der Waals surface area contributed by atoms with Crippen LogP contribution in [-0.2, 0) is 13.0 Å². The van der Waals surface area contributed by atoms with E-state index in [-0.39, 0.29) is 0 Å².